The zero-order chi connectivity index (χ0) is 22.4. The fourth-order valence-electron chi connectivity index (χ4n) is 4.05. The summed E-state index contributed by atoms with van der Waals surface area (Å²) in [5, 5.41) is 19.6. The summed E-state index contributed by atoms with van der Waals surface area (Å²) in [7, 11) is 0. The van der Waals surface area contributed by atoms with Gasteiger partial charge in [-0.1, -0.05) is 24.3 Å². The van der Waals surface area contributed by atoms with Gasteiger partial charge in [0.05, 0.1) is 34.1 Å². The van der Waals surface area contributed by atoms with Gasteiger partial charge in [0.1, 0.15) is 5.88 Å². The topological polar surface area (TPSA) is 112 Å². The van der Waals surface area contributed by atoms with Crippen LogP contribution in [0.3, 0.4) is 0 Å². The first-order valence-corrected chi connectivity index (χ1v) is 10.3. The number of alkyl halides is 1. The van der Waals surface area contributed by atoms with Gasteiger partial charge in [0.2, 0.25) is 5.91 Å². The molecular formula is C22H16ClN5O4. The Morgan fingerprint density at radius 3 is 2.84 bits per heavy atom. The standard InChI is InChI=1S/C22H16ClN5O4/c23-11-20(29)26-8-7-13-5-6-15(10-19(13)26)27-12-17(21(25-27)28(31)32)18-9-14-3-1-2-4-16(14)22(30)24-18/h1-8,10,12,18H,9,11H2,(H,24,30). The minimum absolute atomic E-state index is 0.172. The van der Waals surface area contributed by atoms with Crippen molar-refractivity contribution >= 4 is 40.1 Å². The summed E-state index contributed by atoms with van der Waals surface area (Å²) >= 11 is 5.70. The molecule has 2 aromatic heterocycles. The third kappa shape index (κ3) is 3.23. The molecular weight excluding hydrogens is 434 g/mol. The van der Waals surface area contributed by atoms with Crippen LogP contribution in [0, 0.1) is 10.1 Å². The van der Waals surface area contributed by atoms with Crippen molar-refractivity contribution in [3.63, 3.8) is 0 Å². The van der Waals surface area contributed by atoms with Crippen LogP contribution < -0.4 is 5.32 Å². The Bertz CT molecular complexity index is 1410. The molecule has 5 rings (SSSR count). The van der Waals surface area contributed by atoms with Crippen LogP contribution in [0.2, 0.25) is 0 Å². The number of halogens is 1. The molecule has 1 N–H and O–H groups in total. The second kappa shape index (κ2) is 7.61. The average Bonchev–Trinajstić information content (AvgIpc) is 3.43. The first-order chi connectivity index (χ1) is 15.5. The van der Waals surface area contributed by atoms with E-state index >= 15 is 0 Å². The van der Waals surface area contributed by atoms with Gasteiger partial charge in [-0.05, 0) is 41.2 Å². The summed E-state index contributed by atoms with van der Waals surface area (Å²) < 4.78 is 2.82. The maximum absolute atomic E-state index is 12.5. The molecule has 2 aromatic carbocycles. The molecule has 160 valence electrons. The van der Waals surface area contributed by atoms with Crippen LogP contribution in [-0.4, -0.2) is 37.0 Å². The fourth-order valence-corrected chi connectivity index (χ4v) is 4.18. The van der Waals surface area contributed by atoms with Crippen LogP contribution in [0.15, 0.2) is 60.9 Å². The third-order valence-electron chi connectivity index (χ3n) is 5.59. The van der Waals surface area contributed by atoms with Crippen LogP contribution in [0.25, 0.3) is 16.6 Å². The van der Waals surface area contributed by atoms with E-state index in [0.717, 1.165) is 10.9 Å². The second-order valence-electron chi connectivity index (χ2n) is 7.45. The summed E-state index contributed by atoms with van der Waals surface area (Å²) in [5.74, 6) is -1.07. The number of hydrogen-bond acceptors (Lipinski definition) is 5. The Kier molecular flexibility index (Phi) is 4.75. The monoisotopic (exact) mass is 449 g/mol. The number of fused-ring (bicyclic) bond motifs is 2. The number of nitrogens with zero attached hydrogens (tertiary/aromatic N) is 4. The van der Waals surface area contributed by atoms with Crippen molar-refractivity contribution in [2.45, 2.75) is 12.5 Å². The lowest BCUT2D eigenvalue weighted by atomic mass is 9.92. The highest BCUT2D eigenvalue weighted by molar-refractivity contribution is 6.28. The Hall–Kier alpha value is -3.98. The molecule has 0 spiro atoms. The number of carbonyl (C=O) groups excluding carboxylic acids is 2. The minimum atomic E-state index is -0.586. The average molecular weight is 450 g/mol. The van der Waals surface area contributed by atoms with Crippen molar-refractivity contribution in [2.24, 2.45) is 0 Å². The maximum atomic E-state index is 12.5. The molecule has 0 bridgehead atoms. The molecule has 0 aliphatic carbocycles. The van der Waals surface area contributed by atoms with Gasteiger partial charge in [0.25, 0.3) is 5.91 Å². The Labute approximate surface area is 186 Å². The van der Waals surface area contributed by atoms with Gasteiger partial charge in [0.15, 0.2) is 0 Å². The highest BCUT2D eigenvalue weighted by Crippen LogP contribution is 2.32. The van der Waals surface area contributed by atoms with Crippen molar-refractivity contribution < 1.29 is 14.5 Å². The van der Waals surface area contributed by atoms with E-state index in [2.05, 4.69) is 10.4 Å². The number of benzene rings is 2. The number of amides is 1. The van der Waals surface area contributed by atoms with Gasteiger partial charge in [0, 0.05) is 17.1 Å². The van der Waals surface area contributed by atoms with Crippen molar-refractivity contribution in [1.82, 2.24) is 19.7 Å². The summed E-state index contributed by atoms with van der Waals surface area (Å²) in [5.41, 5.74) is 2.85. The third-order valence-corrected chi connectivity index (χ3v) is 5.81. The van der Waals surface area contributed by atoms with E-state index in [1.54, 1.807) is 48.8 Å². The van der Waals surface area contributed by atoms with Crippen molar-refractivity contribution in [3.8, 4) is 5.69 Å². The molecule has 1 atom stereocenters. The predicted octanol–water partition coefficient (Wildman–Crippen LogP) is 3.64. The van der Waals surface area contributed by atoms with Crippen molar-refractivity contribution in [2.75, 3.05) is 5.88 Å². The van der Waals surface area contributed by atoms with Crippen LogP contribution in [0.4, 0.5) is 5.82 Å². The Morgan fingerprint density at radius 1 is 1.25 bits per heavy atom. The number of aromatic nitrogens is 3. The van der Waals surface area contributed by atoms with Crippen LogP contribution in [-0.2, 0) is 6.42 Å². The van der Waals surface area contributed by atoms with Gasteiger partial charge in [-0.15, -0.1) is 16.3 Å². The van der Waals surface area contributed by atoms with Crippen molar-refractivity contribution in [1.29, 1.82) is 0 Å². The first kappa shape index (κ1) is 20.0. The molecule has 0 saturated heterocycles. The van der Waals surface area contributed by atoms with E-state index in [1.165, 1.54) is 9.25 Å². The van der Waals surface area contributed by atoms with Crippen LogP contribution >= 0.6 is 11.6 Å². The predicted molar refractivity (Wildman–Crippen MR) is 117 cm³/mol. The minimum Gasteiger partial charge on any atom is -0.358 e. The number of carbonyl (C=O) groups is 2. The van der Waals surface area contributed by atoms with Gasteiger partial charge < -0.3 is 15.4 Å². The van der Waals surface area contributed by atoms with E-state index in [-0.39, 0.29) is 23.5 Å². The van der Waals surface area contributed by atoms with E-state index in [4.69, 9.17) is 11.6 Å². The normalized spacial score (nSPS) is 15.4. The van der Waals surface area contributed by atoms with Gasteiger partial charge >= 0.3 is 5.82 Å². The highest BCUT2D eigenvalue weighted by atomic mass is 35.5. The van der Waals surface area contributed by atoms with Crippen LogP contribution in [0.1, 0.15) is 32.3 Å². The fraction of sp³-hybridized carbons (Fsp3) is 0.136. The Morgan fingerprint density at radius 2 is 2.06 bits per heavy atom. The maximum Gasteiger partial charge on any atom is 0.395 e. The summed E-state index contributed by atoms with van der Waals surface area (Å²) in [6.45, 7) is 0. The SMILES string of the molecule is O=C1NC(c2cn(-c3ccc4ccn(C(=O)CCl)c4c3)nc2[N+](=O)[O-])Cc2ccccc21. The lowest BCUT2D eigenvalue weighted by Gasteiger charge is -2.24. The van der Waals surface area contributed by atoms with Gasteiger partial charge in [-0.25, -0.2) is 0 Å². The zero-order valence-corrected chi connectivity index (χ0v) is 17.3. The van der Waals surface area contributed by atoms with E-state index in [0.29, 0.717) is 28.8 Å². The molecule has 1 amide bonds. The molecule has 9 nitrogen and oxygen atoms in total. The molecule has 1 aliphatic rings. The highest BCUT2D eigenvalue weighted by Gasteiger charge is 2.33. The molecule has 0 saturated carbocycles. The summed E-state index contributed by atoms with van der Waals surface area (Å²) in [6.07, 6.45) is 3.60. The summed E-state index contributed by atoms with van der Waals surface area (Å²) in [4.78, 5) is 35.8. The molecule has 10 heteroatoms. The largest absolute Gasteiger partial charge is 0.395 e. The first-order valence-electron chi connectivity index (χ1n) is 9.79. The summed E-state index contributed by atoms with van der Waals surface area (Å²) in [6, 6.07) is 13.7. The molecule has 4 aromatic rings. The smallest absolute Gasteiger partial charge is 0.358 e. The zero-order valence-electron chi connectivity index (χ0n) is 16.6. The number of rotatable bonds is 4. The number of hydrogen-bond donors (Lipinski definition) is 1. The molecule has 32 heavy (non-hydrogen) atoms. The lowest BCUT2D eigenvalue weighted by molar-refractivity contribution is -0.390. The van der Waals surface area contributed by atoms with Crippen LogP contribution in [0.5, 0.6) is 0 Å². The second-order valence-corrected chi connectivity index (χ2v) is 7.72. The molecule has 0 fully saturated rings. The van der Waals surface area contributed by atoms with E-state index in [9.17, 15) is 19.7 Å². The molecule has 1 aliphatic heterocycles. The van der Waals surface area contributed by atoms with Crippen molar-refractivity contribution in [3.05, 3.63) is 87.7 Å². The van der Waals surface area contributed by atoms with E-state index < -0.39 is 11.0 Å². The van der Waals surface area contributed by atoms with Gasteiger partial charge in [-0.2, -0.15) is 0 Å². The molecule has 0 radical (unpaired) electrons. The number of nitrogens with one attached hydrogen (secondary N) is 1. The number of nitro groups is 1. The quantitative estimate of drug-likeness (QED) is 0.290. The lowest BCUT2D eigenvalue weighted by Crippen LogP contribution is -2.35. The Balaban J connectivity index is 1.58. The molecule has 1 unspecified atom stereocenters. The van der Waals surface area contributed by atoms with E-state index in [1.807, 2.05) is 12.1 Å². The molecule has 3 heterocycles. The van der Waals surface area contributed by atoms with Gasteiger partial charge in [-0.3, -0.25) is 14.2 Å².